The molecule has 0 aliphatic heterocycles. The summed E-state index contributed by atoms with van der Waals surface area (Å²) in [6.07, 6.45) is 5.42. The molecule has 0 amide bonds. The van der Waals surface area contributed by atoms with Crippen molar-refractivity contribution >= 4 is 27.4 Å². The molecule has 0 unspecified atom stereocenters. The molecule has 0 radical (unpaired) electrons. The van der Waals surface area contributed by atoms with Crippen molar-refractivity contribution in [1.29, 1.82) is 0 Å². The van der Waals surface area contributed by atoms with E-state index in [-0.39, 0.29) is 28.6 Å². The van der Waals surface area contributed by atoms with E-state index in [1.807, 2.05) is 0 Å². The maximum Gasteiger partial charge on any atom is 0.337 e. The van der Waals surface area contributed by atoms with E-state index >= 15 is 4.39 Å². The Labute approximate surface area is 238 Å². The van der Waals surface area contributed by atoms with Gasteiger partial charge in [0.25, 0.3) is 0 Å². The summed E-state index contributed by atoms with van der Waals surface area (Å²) >= 11 is 0. The predicted octanol–water partition coefficient (Wildman–Crippen LogP) is 2.68. The lowest BCUT2D eigenvalue weighted by Crippen LogP contribution is -2.69. The van der Waals surface area contributed by atoms with Crippen LogP contribution >= 0.6 is 0 Å². The highest BCUT2D eigenvalue weighted by Gasteiger charge is 2.75. The summed E-state index contributed by atoms with van der Waals surface area (Å²) in [5.41, 5.74) is -5.36. The summed E-state index contributed by atoms with van der Waals surface area (Å²) < 4.78 is 39.0. The van der Waals surface area contributed by atoms with Gasteiger partial charge in [0.2, 0.25) is 0 Å². The lowest BCUT2D eigenvalue weighted by atomic mass is 9.44. The Bertz CT molecular complexity index is 1450. The van der Waals surface area contributed by atoms with E-state index in [0.717, 1.165) is 6.26 Å². The lowest BCUT2D eigenvalue weighted by molar-refractivity contribution is -0.219. The molecule has 5 rings (SSSR count). The SMILES string of the molecule is CS(=O)(=O)c1ccccc1C(=O)O.C[C@@H]1C[C@H]2[C@@H]3CCC4=CC(=O)C=C[C@]4(C)[C@@]3(F)[C@@H](O)C[C@]2(C)[C@@]1(O)C(=O)CO. The van der Waals surface area contributed by atoms with Gasteiger partial charge >= 0.3 is 5.97 Å². The molecule has 0 heterocycles. The second-order valence-electron chi connectivity index (χ2n) is 12.3. The third-order valence-corrected chi connectivity index (χ3v) is 11.5. The normalized spacial score (nSPS) is 39.4. The number of Topliss-reactive ketones (excluding diaryl/α,β-unsaturated/α-hetero) is 1. The number of ketones is 2. The zero-order chi connectivity index (χ0) is 30.8. The van der Waals surface area contributed by atoms with Crippen molar-refractivity contribution in [2.24, 2.45) is 28.6 Å². The highest BCUT2D eigenvalue weighted by molar-refractivity contribution is 7.90. The molecule has 224 valence electrons. The van der Waals surface area contributed by atoms with E-state index in [2.05, 4.69) is 0 Å². The highest BCUT2D eigenvalue weighted by Crippen LogP contribution is 2.70. The fourth-order valence-corrected chi connectivity index (χ4v) is 9.11. The Morgan fingerprint density at radius 2 is 1.78 bits per heavy atom. The van der Waals surface area contributed by atoms with E-state index in [9.17, 15) is 38.1 Å². The first-order valence-corrected chi connectivity index (χ1v) is 15.5. The maximum absolute atomic E-state index is 16.9. The van der Waals surface area contributed by atoms with Crippen LogP contribution in [0.2, 0.25) is 0 Å². The predicted molar refractivity (Wildman–Crippen MR) is 146 cm³/mol. The number of carbonyl (C=O) groups is 3. The molecule has 1 aromatic carbocycles. The van der Waals surface area contributed by atoms with Gasteiger partial charge in [-0.3, -0.25) is 9.59 Å². The molecule has 41 heavy (non-hydrogen) atoms. The van der Waals surface area contributed by atoms with Crippen LogP contribution < -0.4 is 0 Å². The summed E-state index contributed by atoms with van der Waals surface area (Å²) in [5, 5.41) is 40.6. The molecule has 9 nitrogen and oxygen atoms in total. The molecule has 0 bridgehead atoms. The molecule has 0 aromatic heterocycles. The third-order valence-electron chi connectivity index (χ3n) is 10.3. The van der Waals surface area contributed by atoms with Gasteiger partial charge in [-0.25, -0.2) is 17.6 Å². The number of halogens is 1. The van der Waals surface area contributed by atoms with Crippen LogP contribution in [0, 0.1) is 28.6 Å². The van der Waals surface area contributed by atoms with Gasteiger partial charge in [-0.2, -0.15) is 0 Å². The number of carboxylic acids is 1. The molecule has 8 atom stereocenters. The monoisotopic (exact) mass is 592 g/mol. The third kappa shape index (κ3) is 4.43. The van der Waals surface area contributed by atoms with Gasteiger partial charge in [-0.15, -0.1) is 0 Å². The van der Waals surface area contributed by atoms with Crippen molar-refractivity contribution in [3.8, 4) is 0 Å². The first-order chi connectivity index (χ1) is 18.9. The Morgan fingerprint density at radius 1 is 1.15 bits per heavy atom. The van der Waals surface area contributed by atoms with Gasteiger partial charge in [-0.1, -0.05) is 37.6 Å². The van der Waals surface area contributed by atoms with Crippen molar-refractivity contribution < 1.29 is 47.6 Å². The van der Waals surface area contributed by atoms with E-state index in [1.165, 1.54) is 36.4 Å². The largest absolute Gasteiger partial charge is 0.478 e. The van der Waals surface area contributed by atoms with Crippen LogP contribution in [0.4, 0.5) is 4.39 Å². The average molecular weight is 593 g/mol. The lowest BCUT2D eigenvalue weighted by Gasteiger charge is -2.62. The van der Waals surface area contributed by atoms with E-state index < -0.39 is 68.2 Å². The number of fused-ring (bicyclic) bond motifs is 5. The molecular formula is C30H37FO9S. The van der Waals surface area contributed by atoms with Crippen LogP contribution in [-0.2, 0) is 19.4 Å². The van der Waals surface area contributed by atoms with E-state index in [1.54, 1.807) is 26.8 Å². The first-order valence-electron chi connectivity index (χ1n) is 13.6. The Hall–Kier alpha value is -2.73. The van der Waals surface area contributed by atoms with Crippen LogP contribution in [-0.4, -0.2) is 76.6 Å². The number of alkyl halides is 1. The molecule has 3 fully saturated rings. The minimum atomic E-state index is -3.46. The summed E-state index contributed by atoms with van der Waals surface area (Å²) in [7, 11) is -3.46. The standard InChI is InChI=1S/C22H29FO5.C8H8O4S/c1-12-8-16-15-5-4-13-9-14(25)6-7-19(13,2)21(15,23)17(26)10-20(16,3)22(12,28)18(27)11-24;1-13(11,12)7-5-3-2-4-6(7)8(9)10/h6-7,9,12,15-17,24,26,28H,4-5,8,10-11H2,1-3H3;2-5H,1H3,(H,9,10)/t12-,15+,16+,17+,19+,20+,21+,22+;/m1./s1. The smallest absolute Gasteiger partial charge is 0.337 e. The van der Waals surface area contributed by atoms with E-state index in [4.69, 9.17) is 5.11 Å². The number of hydrogen-bond acceptors (Lipinski definition) is 8. The maximum atomic E-state index is 16.9. The van der Waals surface area contributed by atoms with Crippen LogP contribution in [0.5, 0.6) is 0 Å². The number of aliphatic hydroxyl groups is 3. The Kier molecular flexibility index (Phi) is 7.78. The number of aromatic carboxylic acids is 1. The second-order valence-corrected chi connectivity index (χ2v) is 14.3. The number of rotatable bonds is 4. The van der Waals surface area contributed by atoms with E-state index in [0.29, 0.717) is 24.8 Å². The fraction of sp³-hybridized carbons (Fsp3) is 0.567. The molecule has 4 aliphatic rings. The number of benzene rings is 1. The van der Waals surface area contributed by atoms with Crippen molar-refractivity contribution in [3.63, 3.8) is 0 Å². The molecule has 1 aromatic rings. The quantitative estimate of drug-likeness (QED) is 0.411. The molecule has 4 N–H and O–H groups in total. The van der Waals surface area contributed by atoms with Gasteiger partial charge in [0, 0.05) is 23.0 Å². The van der Waals surface area contributed by atoms with Gasteiger partial charge in [-0.05, 0) is 68.7 Å². The minimum Gasteiger partial charge on any atom is -0.478 e. The summed E-state index contributed by atoms with van der Waals surface area (Å²) in [6.45, 7) is 4.48. The summed E-state index contributed by atoms with van der Waals surface area (Å²) in [6, 6.07) is 5.51. The number of aliphatic hydroxyl groups excluding tert-OH is 2. The molecule has 0 saturated heterocycles. The van der Waals surface area contributed by atoms with Gasteiger partial charge in [0.05, 0.1) is 16.6 Å². The number of carbonyl (C=O) groups excluding carboxylic acids is 2. The number of allylic oxidation sites excluding steroid dienone is 4. The summed E-state index contributed by atoms with van der Waals surface area (Å²) in [4.78, 5) is 34.8. The first kappa shape index (κ1) is 31.2. The van der Waals surface area contributed by atoms with Crippen LogP contribution in [0.1, 0.15) is 56.8 Å². The molecular weight excluding hydrogens is 555 g/mol. The van der Waals surface area contributed by atoms with Crippen molar-refractivity contribution in [3.05, 3.63) is 53.6 Å². The van der Waals surface area contributed by atoms with Crippen molar-refractivity contribution in [1.82, 2.24) is 0 Å². The summed E-state index contributed by atoms with van der Waals surface area (Å²) in [5.74, 6) is -3.35. The van der Waals surface area contributed by atoms with Gasteiger partial charge in [0.15, 0.2) is 27.1 Å². The number of sulfone groups is 1. The minimum absolute atomic E-state index is 0.0676. The zero-order valence-corrected chi connectivity index (χ0v) is 24.3. The van der Waals surface area contributed by atoms with Crippen molar-refractivity contribution in [2.75, 3.05) is 12.9 Å². The molecule has 4 aliphatic carbocycles. The topological polar surface area (TPSA) is 166 Å². The van der Waals surface area contributed by atoms with Gasteiger partial charge in [0.1, 0.15) is 12.2 Å². The van der Waals surface area contributed by atoms with Gasteiger partial charge < -0.3 is 20.4 Å². The van der Waals surface area contributed by atoms with Crippen LogP contribution in [0.3, 0.4) is 0 Å². The number of carboxylic acid groups (broad SMARTS) is 1. The Morgan fingerprint density at radius 3 is 2.34 bits per heavy atom. The average Bonchev–Trinajstić information content (AvgIpc) is 3.10. The second kappa shape index (κ2) is 10.2. The fourth-order valence-electron chi connectivity index (χ4n) is 8.23. The van der Waals surface area contributed by atoms with Crippen molar-refractivity contribution in [2.45, 2.75) is 68.7 Å². The molecule has 0 spiro atoms. The Balaban J connectivity index is 0.000000251. The highest BCUT2D eigenvalue weighted by atomic mass is 32.2. The van der Waals surface area contributed by atoms with Crippen LogP contribution in [0.25, 0.3) is 0 Å². The number of hydrogen-bond donors (Lipinski definition) is 4. The molecule has 11 heteroatoms. The van der Waals surface area contributed by atoms with Crippen LogP contribution in [0.15, 0.2) is 53.0 Å². The molecule has 3 saturated carbocycles. The zero-order valence-electron chi connectivity index (χ0n) is 23.5.